The molecule has 0 saturated heterocycles. The smallest absolute Gasteiger partial charge is 0.314 e. The van der Waals surface area contributed by atoms with Gasteiger partial charge in [-0.3, -0.25) is 0 Å². The van der Waals surface area contributed by atoms with Gasteiger partial charge in [0.2, 0.25) is 0 Å². The number of nitrogens with one attached hydrogen (secondary N) is 2. The summed E-state index contributed by atoms with van der Waals surface area (Å²) in [5, 5.41) is 14.2. The van der Waals surface area contributed by atoms with Crippen LogP contribution in [0, 0.1) is 0 Å². The third-order valence-electron chi connectivity index (χ3n) is 1.99. The van der Waals surface area contributed by atoms with Gasteiger partial charge < -0.3 is 15.7 Å². The second-order valence-corrected chi connectivity index (χ2v) is 3.52. The van der Waals surface area contributed by atoms with Crippen molar-refractivity contribution >= 4 is 6.03 Å². The molecule has 1 unspecified atom stereocenters. The lowest BCUT2D eigenvalue weighted by atomic mass is 10.2. The van der Waals surface area contributed by atoms with Gasteiger partial charge in [-0.25, -0.2) is 4.79 Å². The molecule has 0 saturated carbocycles. The van der Waals surface area contributed by atoms with Gasteiger partial charge in [-0.15, -0.1) is 0 Å². The van der Waals surface area contributed by atoms with E-state index in [0.717, 1.165) is 32.2 Å². The van der Waals surface area contributed by atoms with Gasteiger partial charge in [-0.2, -0.15) is 0 Å². The van der Waals surface area contributed by atoms with Gasteiger partial charge >= 0.3 is 6.03 Å². The van der Waals surface area contributed by atoms with Crippen LogP contribution in [0.15, 0.2) is 0 Å². The Morgan fingerprint density at radius 2 is 2.14 bits per heavy atom. The third-order valence-corrected chi connectivity index (χ3v) is 1.99. The van der Waals surface area contributed by atoms with Crippen LogP contribution in [0.25, 0.3) is 0 Å². The van der Waals surface area contributed by atoms with Crippen LogP contribution in [0.5, 0.6) is 0 Å². The number of hydrogen-bond acceptors (Lipinski definition) is 2. The van der Waals surface area contributed by atoms with Gasteiger partial charge in [0.15, 0.2) is 0 Å². The van der Waals surface area contributed by atoms with Crippen molar-refractivity contribution in [2.75, 3.05) is 13.2 Å². The molecule has 0 spiro atoms. The fourth-order valence-corrected chi connectivity index (χ4v) is 1.12. The van der Waals surface area contributed by atoms with Crippen molar-refractivity contribution in [2.24, 2.45) is 0 Å². The Bertz CT molecular complexity index is 151. The van der Waals surface area contributed by atoms with Crippen LogP contribution in [0.2, 0.25) is 0 Å². The third kappa shape index (κ3) is 7.86. The van der Waals surface area contributed by atoms with Crippen molar-refractivity contribution in [1.29, 1.82) is 0 Å². The highest BCUT2D eigenvalue weighted by Crippen LogP contribution is 1.94. The standard InChI is InChI=1S/C10H22N2O2/c1-3-4-7-11-10(14)12-9(2)6-5-8-13/h9,13H,3-8H2,1-2H3,(H2,11,12,14). The van der Waals surface area contributed by atoms with Crippen LogP contribution >= 0.6 is 0 Å². The molecule has 0 aromatic rings. The van der Waals surface area contributed by atoms with Gasteiger partial charge in [0.25, 0.3) is 0 Å². The molecule has 0 rings (SSSR count). The first-order valence-corrected chi connectivity index (χ1v) is 5.36. The zero-order valence-corrected chi connectivity index (χ0v) is 9.18. The summed E-state index contributed by atoms with van der Waals surface area (Å²) in [4.78, 5) is 11.2. The average Bonchev–Trinajstić information content (AvgIpc) is 2.15. The quantitative estimate of drug-likeness (QED) is 0.544. The Hall–Kier alpha value is -0.770. The first-order chi connectivity index (χ1) is 6.70. The maximum atomic E-state index is 11.2. The molecule has 84 valence electrons. The minimum atomic E-state index is -0.108. The average molecular weight is 202 g/mol. The van der Waals surface area contributed by atoms with Crippen LogP contribution in [0.1, 0.15) is 39.5 Å². The number of carbonyl (C=O) groups excluding carboxylic acids is 1. The number of hydrogen-bond donors (Lipinski definition) is 3. The highest BCUT2D eigenvalue weighted by molar-refractivity contribution is 5.74. The molecule has 0 radical (unpaired) electrons. The van der Waals surface area contributed by atoms with Crippen LogP contribution in [0.4, 0.5) is 4.79 Å². The van der Waals surface area contributed by atoms with Crippen molar-refractivity contribution in [3.05, 3.63) is 0 Å². The summed E-state index contributed by atoms with van der Waals surface area (Å²) in [5.74, 6) is 0. The molecule has 0 heterocycles. The van der Waals surface area contributed by atoms with Crippen molar-refractivity contribution in [1.82, 2.24) is 10.6 Å². The van der Waals surface area contributed by atoms with Crippen molar-refractivity contribution in [3.63, 3.8) is 0 Å². The van der Waals surface area contributed by atoms with E-state index in [1.807, 2.05) is 6.92 Å². The SMILES string of the molecule is CCCCNC(=O)NC(C)CCCO. The first-order valence-electron chi connectivity index (χ1n) is 5.36. The van der Waals surface area contributed by atoms with E-state index in [4.69, 9.17) is 5.11 Å². The van der Waals surface area contributed by atoms with Gasteiger partial charge in [0.05, 0.1) is 0 Å². The fourth-order valence-electron chi connectivity index (χ4n) is 1.12. The summed E-state index contributed by atoms with van der Waals surface area (Å²) in [7, 11) is 0. The molecule has 4 heteroatoms. The van der Waals surface area contributed by atoms with E-state index in [0.29, 0.717) is 0 Å². The summed E-state index contributed by atoms with van der Waals surface area (Å²) in [6, 6.07) is 0.0210. The van der Waals surface area contributed by atoms with E-state index in [1.165, 1.54) is 0 Å². The van der Waals surface area contributed by atoms with Crippen LogP contribution < -0.4 is 10.6 Å². The molecule has 0 bridgehead atoms. The first kappa shape index (κ1) is 13.2. The zero-order valence-electron chi connectivity index (χ0n) is 9.18. The van der Waals surface area contributed by atoms with Crippen molar-refractivity contribution < 1.29 is 9.90 Å². The topological polar surface area (TPSA) is 61.4 Å². The molecule has 0 aliphatic carbocycles. The van der Waals surface area contributed by atoms with E-state index >= 15 is 0 Å². The molecule has 0 aliphatic heterocycles. The Morgan fingerprint density at radius 3 is 2.71 bits per heavy atom. The lowest BCUT2D eigenvalue weighted by Gasteiger charge is -2.13. The molecule has 2 amide bonds. The number of carbonyl (C=O) groups is 1. The predicted octanol–water partition coefficient (Wildman–Crippen LogP) is 1.25. The predicted molar refractivity (Wildman–Crippen MR) is 57.2 cm³/mol. The van der Waals surface area contributed by atoms with Crippen LogP contribution in [-0.2, 0) is 0 Å². The highest BCUT2D eigenvalue weighted by Gasteiger charge is 2.05. The molecule has 14 heavy (non-hydrogen) atoms. The van der Waals surface area contributed by atoms with E-state index in [1.54, 1.807) is 0 Å². The molecule has 0 aliphatic rings. The molecular weight excluding hydrogens is 180 g/mol. The van der Waals surface area contributed by atoms with E-state index in [-0.39, 0.29) is 18.7 Å². The summed E-state index contributed by atoms with van der Waals surface area (Å²) in [5.41, 5.74) is 0. The molecule has 0 fully saturated rings. The zero-order chi connectivity index (χ0) is 10.8. The summed E-state index contributed by atoms with van der Waals surface area (Å²) in [6.45, 7) is 4.94. The molecular formula is C10H22N2O2. The summed E-state index contributed by atoms with van der Waals surface area (Å²) < 4.78 is 0. The maximum Gasteiger partial charge on any atom is 0.314 e. The monoisotopic (exact) mass is 202 g/mol. The van der Waals surface area contributed by atoms with E-state index in [2.05, 4.69) is 17.6 Å². The molecule has 0 aromatic carbocycles. The van der Waals surface area contributed by atoms with Gasteiger partial charge in [-0.1, -0.05) is 13.3 Å². The van der Waals surface area contributed by atoms with Crippen LogP contribution in [-0.4, -0.2) is 30.3 Å². The highest BCUT2D eigenvalue weighted by atomic mass is 16.3. The second-order valence-electron chi connectivity index (χ2n) is 3.52. The number of aliphatic hydroxyl groups is 1. The molecule has 4 nitrogen and oxygen atoms in total. The number of rotatable bonds is 7. The fraction of sp³-hybridized carbons (Fsp3) is 0.900. The van der Waals surface area contributed by atoms with Crippen molar-refractivity contribution in [2.45, 2.75) is 45.6 Å². The number of amides is 2. The van der Waals surface area contributed by atoms with E-state index < -0.39 is 0 Å². The molecule has 3 N–H and O–H groups in total. The minimum absolute atomic E-state index is 0.108. The van der Waals surface area contributed by atoms with Gasteiger partial charge in [-0.05, 0) is 26.2 Å². The Kier molecular flexibility index (Phi) is 8.33. The Morgan fingerprint density at radius 1 is 1.43 bits per heavy atom. The largest absolute Gasteiger partial charge is 0.396 e. The minimum Gasteiger partial charge on any atom is -0.396 e. The second kappa shape index (κ2) is 8.81. The van der Waals surface area contributed by atoms with Gasteiger partial charge in [0, 0.05) is 19.2 Å². The number of aliphatic hydroxyl groups excluding tert-OH is 1. The molecule has 1 atom stereocenters. The lowest BCUT2D eigenvalue weighted by molar-refractivity contribution is 0.234. The number of urea groups is 1. The maximum absolute atomic E-state index is 11.2. The Labute approximate surface area is 86.1 Å². The lowest BCUT2D eigenvalue weighted by Crippen LogP contribution is -2.41. The number of unbranched alkanes of at least 4 members (excludes halogenated alkanes) is 1. The summed E-state index contributed by atoms with van der Waals surface area (Å²) >= 11 is 0. The normalized spacial score (nSPS) is 12.2. The molecule has 0 aromatic heterocycles. The van der Waals surface area contributed by atoms with E-state index in [9.17, 15) is 4.79 Å². The Balaban J connectivity index is 3.40. The summed E-state index contributed by atoms with van der Waals surface area (Å²) in [6.07, 6.45) is 3.65. The van der Waals surface area contributed by atoms with Gasteiger partial charge in [0.1, 0.15) is 0 Å². The van der Waals surface area contributed by atoms with Crippen LogP contribution in [0.3, 0.4) is 0 Å². The van der Waals surface area contributed by atoms with Crippen molar-refractivity contribution in [3.8, 4) is 0 Å².